The van der Waals surface area contributed by atoms with Gasteiger partial charge in [0.1, 0.15) is 0 Å². The zero-order valence-corrected chi connectivity index (χ0v) is 16.8. The van der Waals surface area contributed by atoms with Crippen LogP contribution in [-0.2, 0) is 19.5 Å². The van der Waals surface area contributed by atoms with Crippen LogP contribution in [0.4, 0.5) is 5.69 Å². The maximum Gasteiger partial charge on any atom is 0.269 e. The van der Waals surface area contributed by atoms with Gasteiger partial charge >= 0.3 is 0 Å². The molecular weight excluding hydrogens is 439 g/mol. The number of rotatable bonds is 6. The van der Waals surface area contributed by atoms with Crippen molar-refractivity contribution in [1.82, 2.24) is 10.6 Å². The molecule has 6 nitrogen and oxygen atoms in total. The summed E-state index contributed by atoms with van der Waals surface area (Å²) in [5.41, 5.74) is 0.935. The molecule has 1 aromatic heterocycles. The van der Waals surface area contributed by atoms with E-state index in [9.17, 15) is 10.1 Å². The predicted octanol–water partition coefficient (Wildman–Crippen LogP) is 3.70. The van der Waals surface area contributed by atoms with Gasteiger partial charge in [-0.05, 0) is 24.1 Å². The average Bonchev–Trinajstić information content (AvgIpc) is 3.03. The molecule has 0 aliphatic rings. The maximum atomic E-state index is 10.8. The lowest BCUT2D eigenvalue weighted by molar-refractivity contribution is -0.384. The van der Waals surface area contributed by atoms with E-state index >= 15 is 0 Å². The molecule has 2 aromatic rings. The molecular formula is C16H21IN4O2S. The summed E-state index contributed by atoms with van der Waals surface area (Å²) in [6.45, 7) is 3.33. The minimum absolute atomic E-state index is 0. The average molecular weight is 460 g/mol. The van der Waals surface area contributed by atoms with E-state index in [0.717, 1.165) is 12.0 Å². The molecule has 130 valence electrons. The lowest BCUT2D eigenvalue weighted by atomic mass is 10.2. The van der Waals surface area contributed by atoms with E-state index in [1.807, 2.05) is 6.07 Å². The number of nitro groups is 1. The fourth-order valence-electron chi connectivity index (χ4n) is 2.06. The summed E-state index contributed by atoms with van der Waals surface area (Å²) < 4.78 is 0. The van der Waals surface area contributed by atoms with E-state index < -0.39 is 4.92 Å². The molecule has 1 heterocycles. The zero-order valence-electron chi connectivity index (χ0n) is 13.6. The third kappa shape index (κ3) is 6.08. The van der Waals surface area contributed by atoms with Crippen LogP contribution in [0.25, 0.3) is 0 Å². The molecule has 24 heavy (non-hydrogen) atoms. The Morgan fingerprint density at radius 3 is 2.54 bits per heavy atom. The zero-order chi connectivity index (χ0) is 16.7. The molecule has 0 fully saturated rings. The van der Waals surface area contributed by atoms with Crippen molar-refractivity contribution in [3.05, 3.63) is 61.8 Å². The van der Waals surface area contributed by atoms with Gasteiger partial charge in [-0.1, -0.05) is 19.1 Å². The van der Waals surface area contributed by atoms with Crippen molar-refractivity contribution in [3.63, 3.8) is 0 Å². The van der Waals surface area contributed by atoms with E-state index in [-0.39, 0.29) is 29.7 Å². The Kier molecular flexibility index (Phi) is 8.69. The molecule has 0 aliphatic heterocycles. The number of aryl methyl sites for hydroxylation is 1. The molecule has 0 radical (unpaired) electrons. The van der Waals surface area contributed by atoms with Crippen LogP contribution < -0.4 is 10.6 Å². The van der Waals surface area contributed by atoms with Gasteiger partial charge in [-0.25, -0.2) is 0 Å². The Balaban J connectivity index is 0.00000288. The number of benzene rings is 1. The second kappa shape index (κ2) is 10.2. The highest BCUT2D eigenvalue weighted by molar-refractivity contribution is 14.0. The van der Waals surface area contributed by atoms with E-state index in [1.165, 1.54) is 15.8 Å². The molecule has 1 aromatic carbocycles. The van der Waals surface area contributed by atoms with E-state index in [0.29, 0.717) is 19.0 Å². The predicted molar refractivity (Wildman–Crippen MR) is 109 cm³/mol. The Morgan fingerprint density at radius 2 is 1.92 bits per heavy atom. The Hall–Kier alpha value is -1.68. The smallest absolute Gasteiger partial charge is 0.269 e. The third-order valence-electron chi connectivity index (χ3n) is 3.30. The lowest BCUT2D eigenvalue weighted by Crippen LogP contribution is -2.36. The van der Waals surface area contributed by atoms with Crippen molar-refractivity contribution in [2.75, 3.05) is 7.05 Å². The second-order valence-corrected chi connectivity index (χ2v) is 6.18. The van der Waals surface area contributed by atoms with Gasteiger partial charge in [-0.3, -0.25) is 15.1 Å². The number of non-ortho nitro benzene ring substituents is 1. The molecule has 0 saturated carbocycles. The molecule has 0 spiro atoms. The van der Waals surface area contributed by atoms with Crippen molar-refractivity contribution in [1.29, 1.82) is 0 Å². The van der Waals surface area contributed by atoms with E-state index in [1.54, 1.807) is 30.5 Å². The van der Waals surface area contributed by atoms with Crippen molar-refractivity contribution in [2.45, 2.75) is 26.4 Å². The van der Waals surface area contributed by atoms with E-state index in [4.69, 9.17) is 0 Å². The van der Waals surface area contributed by atoms with Crippen LogP contribution in [0.1, 0.15) is 22.2 Å². The van der Waals surface area contributed by atoms with Crippen molar-refractivity contribution in [2.24, 2.45) is 4.99 Å². The largest absolute Gasteiger partial charge is 0.352 e. The first kappa shape index (κ1) is 20.4. The Morgan fingerprint density at radius 1 is 1.21 bits per heavy atom. The molecule has 0 bridgehead atoms. The first-order chi connectivity index (χ1) is 11.1. The summed E-state index contributed by atoms with van der Waals surface area (Å²) in [5.74, 6) is 0.669. The van der Waals surface area contributed by atoms with Gasteiger partial charge in [0.2, 0.25) is 0 Å². The first-order valence-corrected chi connectivity index (χ1v) is 8.19. The number of guanidine groups is 1. The molecule has 0 unspecified atom stereocenters. The summed E-state index contributed by atoms with van der Waals surface area (Å²) in [4.78, 5) is 17.2. The molecule has 0 aliphatic carbocycles. The van der Waals surface area contributed by atoms with Crippen molar-refractivity contribution >= 4 is 47.0 Å². The van der Waals surface area contributed by atoms with Crippen LogP contribution >= 0.6 is 35.3 Å². The van der Waals surface area contributed by atoms with Crippen LogP contribution in [0.3, 0.4) is 0 Å². The van der Waals surface area contributed by atoms with Crippen LogP contribution in [0.15, 0.2) is 41.4 Å². The van der Waals surface area contributed by atoms with Gasteiger partial charge in [0.15, 0.2) is 5.96 Å². The summed E-state index contributed by atoms with van der Waals surface area (Å²) in [7, 11) is 1.70. The lowest BCUT2D eigenvalue weighted by Gasteiger charge is -2.11. The number of nitrogens with one attached hydrogen (secondary N) is 2. The van der Waals surface area contributed by atoms with Gasteiger partial charge in [0, 0.05) is 35.5 Å². The molecule has 0 saturated heterocycles. The number of hydrogen-bond acceptors (Lipinski definition) is 4. The molecule has 2 N–H and O–H groups in total. The first-order valence-electron chi connectivity index (χ1n) is 7.37. The fourth-order valence-corrected chi connectivity index (χ4v) is 2.96. The van der Waals surface area contributed by atoms with Crippen molar-refractivity contribution in [3.8, 4) is 0 Å². The highest BCUT2D eigenvalue weighted by Crippen LogP contribution is 2.16. The van der Waals surface area contributed by atoms with Gasteiger partial charge < -0.3 is 10.6 Å². The number of hydrogen-bond donors (Lipinski definition) is 2. The highest BCUT2D eigenvalue weighted by atomic mass is 127. The number of halogens is 1. The monoisotopic (exact) mass is 460 g/mol. The molecule has 2 rings (SSSR count). The van der Waals surface area contributed by atoms with Crippen LogP contribution in [0, 0.1) is 10.1 Å². The summed E-state index contributed by atoms with van der Waals surface area (Å²) >= 11 is 1.78. The summed E-state index contributed by atoms with van der Waals surface area (Å²) in [5, 5.41) is 17.2. The van der Waals surface area contributed by atoms with Gasteiger partial charge in [0.25, 0.3) is 5.69 Å². The minimum Gasteiger partial charge on any atom is -0.352 e. The normalized spacial score (nSPS) is 10.8. The third-order valence-corrected chi connectivity index (χ3v) is 4.53. The summed E-state index contributed by atoms with van der Waals surface area (Å²) in [6.07, 6.45) is 1.05. The Bertz CT molecular complexity index is 703. The Labute approximate surface area is 162 Å². The molecule has 0 atom stereocenters. The van der Waals surface area contributed by atoms with Gasteiger partial charge in [-0.15, -0.1) is 35.3 Å². The van der Waals surface area contributed by atoms with Crippen LogP contribution in [0.5, 0.6) is 0 Å². The standard InChI is InChI=1S/C16H20N4O2S.HI/c1-3-14-7-8-15(23-14)11-19-16(17-2)18-10-12-5-4-6-13(9-12)20(21)22;/h4-9H,3,10-11H2,1-2H3,(H2,17,18,19);1H. The molecule has 0 amide bonds. The number of thiophene rings is 1. The van der Waals surface area contributed by atoms with E-state index in [2.05, 4.69) is 34.7 Å². The number of nitro benzene ring substituents is 1. The number of aliphatic imine (C=N–C) groups is 1. The minimum atomic E-state index is -0.390. The number of nitrogens with zero attached hydrogens (tertiary/aromatic N) is 2. The summed E-state index contributed by atoms with van der Waals surface area (Å²) in [6, 6.07) is 10.8. The van der Waals surface area contributed by atoms with Gasteiger partial charge in [0.05, 0.1) is 11.5 Å². The fraction of sp³-hybridized carbons (Fsp3) is 0.312. The van der Waals surface area contributed by atoms with Crippen LogP contribution in [-0.4, -0.2) is 17.9 Å². The van der Waals surface area contributed by atoms with Crippen LogP contribution in [0.2, 0.25) is 0 Å². The molecule has 8 heteroatoms. The van der Waals surface area contributed by atoms with Gasteiger partial charge in [-0.2, -0.15) is 0 Å². The quantitative estimate of drug-likeness (QED) is 0.227. The second-order valence-electron chi connectivity index (χ2n) is 4.93. The van der Waals surface area contributed by atoms with Crippen molar-refractivity contribution < 1.29 is 4.92 Å². The maximum absolute atomic E-state index is 10.8. The highest BCUT2D eigenvalue weighted by Gasteiger charge is 2.06. The SMILES string of the molecule is CCc1ccc(CNC(=NC)NCc2cccc([N+](=O)[O-])c2)s1.I. The topological polar surface area (TPSA) is 79.6 Å².